The van der Waals surface area contributed by atoms with E-state index in [1.54, 1.807) is 36.0 Å². The Morgan fingerprint density at radius 1 is 0.929 bits per heavy atom. The maximum absolute atomic E-state index is 14.2. The van der Waals surface area contributed by atoms with Crippen LogP contribution in [0.3, 0.4) is 0 Å². The van der Waals surface area contributed by atoms with Crippen LogP contribution in [-0.4, -0.2) is 26.9 Å². The average Bonchev–Trinajstić information content (AvgIpc) is 3.27. The lowest BCUT2D eigenvalue weighted by molar-refractivity contribution is 0.305. The van der Waals surface area contributed by atoms with Crippen molar-refractivity contribution >= 4 is 40.3 Å². The van der Waals surface area contributed by atoms with Gasteiger partial charge in [0.05, 0.1) is 18.2 Å². The molecule has 1 heterocycles. The molecule has 8 nitrogen and oxygen atoms in total. The minimum atomic E-state index is -3.42. The number of ether oxygens (including phenoxy) is 1. The number of rotatable bonds is 20. The molecule has 2 unspecified atom stereocenters. The Labute approximate surface area is 261 Å². The van der Waals surface area contributed by atoms with Gasteiger partial charge in [-0.25, -0.2) is 14.2 Å². The molecular weight excluding hydrogens is 612 g/mol. The molecule has 0 saturated heterocycles. The molecule has 0 aliphatic carbocycles. The number of unbranched alkanes of at least 4 members (excludes halogenated alkanes) is 4. The van der Waals surface area contributed by atoms with Gasteiger partial charge in [-0.05, 0) is 84.2 Å². The van der Waals surface area contributed by atoms with Gasteiger partial charge >= 0.3 is 17.2 Å². The summed E-state index contributed by atoms with van der Waals surface area (Å²) in [6.45, 7) is 8.89. The van der Waals surface area contributed by atoms with E-state index >= 15 is 0 Å². The van der Waals surface area contributed by atoms with Crippen LogP contribution in [0.2, 0.25) is 0 Å². The molecule has 2 atom stereocenters. The van der Waals surface area contributed by atoms with Crippen molar-refractivity contribution in [2.75, 3.05) is 12.4 Å². The number of hydrogen-bond acceptors (Lipinski definition) is 9. The van der Waals surface area contributed by atoms with E-state index in [9.17, 15) is 14.2 Å². The maximum atomic E-state index is 14.2. The lowest BCUT2D eigenvalue weighted by Crippen LogP contribution is -2.27. The third kappa shape index (κ3) is 11.0. The fourth-order valence-corrected chi connectivity index (χ4v) is 12.3. The van der Waals surface area contributed by atoms with Gasteiger partial charge in [-0.3, -0.25) is 4.57 Å². The van der Waals surface area contributed by atoms with Crippen LogP contribution < -0.4 is 20.7 Å². The Hall–Kier alpha value is -1.94. The molecule has 3 aromatic rings. The molecule has 12 heteroatoms. The SMILES string of the molecule is CCCCCCSc1ccc(OP(=O)(SCn2c(=O)on(-c3cccc(OCCC)c3)c2=O)SC(C)CCCC)cc1. The molecule has 0 fully saturated rings. The average molecular weight is 655 g/mol. The van der Waals surface area contributed by atoms with E-state index in [0.717, 1.165) is 57.0 Å². The van der Waals surface area contributed by atoms with Crippen molar-refractivity contribution in [3.8, 4) is 17.2 Å². The zero-order valence-corrected chi connectivity index (χ0v) is 28.3. The normalized spacial score (nSPS) is 13.5. The topological polar surface area (TPSA) is 92.7 Å². The van der Waals surface area contributed by atoms with Gasteiger partial charge in [0.15, 0.2) is 0 Å². The van der Waals surface area contributed by atoms with Crippen LogP contribution in [0.25, 0.3) is 5.69 Å². The fourth-order valence-electron chi connectivity index (χ4n) is 3.96. The van der Waals surface area contributed by atoms with Crippen molar-refractivity contribution in [1.82, 2.24) is 9.31 Å². The highest BCUT2D eigenvalue weighted by atomic mass is 33.1. The van der Waals surface area contributed by atoms with Gasteiger partial charge in [0, 0.05) is 16.2 Å². The summed E-state index contributed by atoms with van der Waals surface area (Å²) in [6.07, 6.45) is 8.67. The lowest BCUT2D eigenvalue weighted by atomic mass is 10.2. The number of thioether (sulfide) groups is 1. The minimum Gasteiger partial charge on any atom is -0.494 e. The van der Waals surface area contributed by atoms with Crippen LogP contribution in [0.1, 0.15) is 79.1 Å². The molecule has 1 aromatic heterocycles. The summed E-state index contributed by atoms with van der Waals surface area (Å²) in [4.78, 5) is 27.0. The largest absolute Gasteiger partial charge is 0.494 e. The van der Waals surface area contributed by atoms with Crippen LogP contribution >= 0.6 is 40.3 Å². The Kier molecular flexibility index (Phi) is 14.8. The van der Waals surface area contributed by atoms with Crippen molar-refractivity contribution in [3.05, 3.63) is 69.6 Å². The molecule has 0 amide bonds. The van der Waals surface area contributed by atoms with Crippen molar-refractivity contribution in [2.24, 2.45) is 0 Å². The monoisotopic (exact) mass is 654 g/mol. The summed E-state index contributed by atoms with van der Waals surface area (Å²) in [5.41, 5.74) is -0.282. The molecule has 0 bridgehead atoms. The van der Waals surface area contributed by atoms with Gasteiger partial charge < -0.3 is 13.8 Å². The number of nitrogens with zero attached hydrogens (tertiary/aromatic N) is 2. The third-order valence-corrected chi connectivity index (χ3v) is 14.6. The highest BCUT2D eigenvalue weighted by molar-refractivity contribution is 8.89. The predicted octanol–water partition coefficient (Wildman–Crippen LogP) is 9.24. The van der Waals surface area contributed by atoms with E-state index < -0.39 is 17.2 Å². The summed E-state index contributed by atoms with van der Waals surface area (Å²) in [5.74, 6) is -2.29. The molecule has 0 aliphatic heterocycles. The van der Waals surface area contributed by atoms with Crippen LogP contribution in [-0.2, 0) is 10.4 Å². The second-order valence-corrected chi connectivity index (χ2v) is 18.7. The third-order valence-electron chi connectivity index (χ3n) is 6.25. The van der Waals surface area contributed by atoms with Gasteiger partial charge in [0.1, 0.15) is 11.5 Å². The van der Waals surface area contributed by atoms with Crippen LogP contribution in [0, 0.1) is 0 Å². The zero-order chi connectivity index (χ0) is 30.4. The highest BCUT2D eigenvalue weighted by Gasteiger charge is 2.31. The van der Waals surface area contributed by atoms with Gasteiger partial charge in [0.2, 0.25) is 0 Å². The fraction of sp³-hybridized carbons (Fsp3) is 0.533. The maximum Gasteiger partial charge on any atom is 0.443 e. The smallest absolute Gasteiger partial charge is 0.443 e. The molecule has 0 aliphatic rings. The highest BCUT2D eigenvalue weighted by Crippen LogP contribution is 2.71. The zero-order valence-electron chi connectivity index (χ0n) is 25.0. The van der Waals surface area contributed by atoms with Gasteiger partial charge in [0.25, 0.3) is 0 Å². The Bertz CT molecular complexity index is 1390. The summed E-state index contributed by atoms with van der Waals surface area (Å²) >= 11 is 4.04. The summed E-state index contributed by atoms with van der Waals surface area (Å²) < 4.78 is 33.1. The minimum absolute atomic E-state index is 0.0739. The molecule has 2 aromatic carbocycles. The Balaban J connectivity index is 1.75. The Morgan fingerprint density at radius 3 is 2.40 bits per heavy atom. The van der Waals surface area contributed by atoms with Crippen molar-refractivity contribution in [1.29, 1.82) is 0 Å². The first-order chi connectivity index (χ1) is 20.3. The molecule has 0 saturated carbocycles. The molecule has 0 N–H and O–H groups in total. The van der Waals surface area contributed by atoms with E-state index in [1.165, 1.54) is 37.1 Å². The molecule has 42 heavy (non-hydrogen) atoms. The van der Waals surface area contributed by atoms with Gasteiger partial charge in [-0.1, -0.05) is 65.9 Å². The number of aromatic nitrogens is 2. The number of hydrogen-bond donors (Lipinski definition) is 0. The van der Waals surface area contributed by atoms with Crippen LogP contribution in [0.15, 0.2) is 67.5 Å². The first-order valence-electron chi connectivity index (χ1n) is 14.7. The van der Waals surface area contributed by atoms with Gasteiger partial charge in [-0.2, -0.15) is 0 Å². The number of benzene rings is 2. The van der Waals surface area contributed by atoms with Crippen LogP contribution in [0.4, 0.5) is 0 Å². The van der Waals surface area contributed by atoms with E-state index in [2.05, 4.69) is 13.8 Å². The second kappa shape index (κ2) is 18.0. The first kappa shape index (κ1) is 34.5. The molecule has 0 spiro atoms. The summed E-state index contributed by atoms with van der Waals surface area (Å²) in [6, 6.07) is 14.4. The van der Waals surface area contributed by atoms with Crippen molar-refractivity contribution < 1.29 is 18.3 Å². The summed E-state index contributed by atoms with van der Waals surface area (Å²) in [5, 5.41) is 0.0739. The van der Waals surface area contributed by atoms with Crippen molar-refractivity contribution in [3.63, 3.8) is 0 Å². The standard InChI is InChI=1S/C30H43N2O6PS3/c1-5-8-10-11-21-40-28-18-16-26(17-19-28)38-39(35,42-24(4)13-9-6-2)41-23-31-29(33)32(37-30(31)34)25-14-12-15-27(22-25)36-20-7-3/h12,14-19,22,24H,5-11,13,20-21,23H2,1-4H3. The van der Waals surface area contributed by atoms with Crippen molar-refractivity contribution in [2.45, 2.75) is 95.1 Å². The van der Waals surface area contributed by atoms with Gasteiger partial charge in [-0.15, -0.1) is 16.5 Å². The molecule has 232 valence electrons. The van der Waals surface area contributed by atoms with E-state index in [4.69, 9.17) is 13.8 Å². The van der Waals surface area contributed by atoms with E-state index in [1.807, 2.05) is 38.1 Å². The molecule has 3 rings (SSSR count). The quantitative estimate of drug-likeness (QED) is 0.0671. The van der Waals surface area contributed by atoms with Crippen LogP contribution in [0.5, 0.6) is 11.5 Å². The summed E-state index contributed by atoms with van der Waals surface area (Å²) in [7, 11) is 0. The first-order valence-corrected chi connectivity index (χ1v) is 20.4. The van der Waals surface area contributed by atoms with E-state index in [-0.39, 0.29) is 11.1 Å². The van der Waals surface area contributed by atoms with E-state index in [0.29, 0.717) is 23.8 Å². The molecular formula is C30H43N2O6PS3. The molecule has 0 radical (unpaired) electrons. The Morgan fingerprint density at radius 2 is 1.69 bits per heavy atom. The second-order valence-electron chi connectivity index (χ2n) is 9.94. The lowest BCUT2D eigenvalue weighted by Gasteiger charge is -2.21. The predicted molar refractivity (Wildman–Crippen MR) is 178 cm³/mol.